The lowest BCUT2D eigenvalue weighted by Gasteiger charge is -2.15. The zero-order chi connectivity index (χ0) is 23.5. The van der Waals surface area contributed by atoms with E-state index >= 15 is 0 Å². The highest BCUT2D eigenvalue weighted by Crippen LogP contribution is 2.42. The quantitative estimate of drug-likeness (QED) is 0.304. The average Bonchev–Trinajstić information content (AvgIpc) is 3.45. The van der Waals surface area contributed by atoms with Gasteiger partial charge in [0, 0.05) is 0 Å². The van der Waals surface area contributed by atoms with Gasteiger partial charge in [0.15, 0.2) is 17.2 Å². The summed E-state index contributed by atoms with van der Waals surface area (Å²) in [6.45, 7) is 1.72. The van der Waals surface area contributed by atoms with E-state index < -0.39 is 22.7 Å². The van der Waals surface area contributed by atoms with E-state index in [1.165, 1.54) is 16.8 Å². The van der Waals surface area contributed by atoms with Gasteiger partial charge >= 0.3 is 5.97 Å². The van der Waals surface area contributed by atoms with Crippen LogP contribution in [-0.2, 0) is 11.3 Å². The molecule has 4 rings (SSSR count). The number of aliphatic hydroxyl groups is 1. The molecule has 0 fully saturated rings. The molecule has 2 aromatic carbocycles. The van der Waals surface area contributed by atoms with E-state index in [4.69, 9.17) is 18.9 Å². The van der Waals surface area contributed by atoms with Crippen molar-refractivity contribution in [2.45, 2.75) is 19.6 Å². The summed E-state index contributed by atoms with van der Waals surface area (Å²) >= 11 is 0. The van der Waals surface area contributed by atoms with Crippen molar-refractivity contribution in [3.8, 4) is 17.2 Å². The number of methoxy groups -OCH3 is 1. The molecule has 12 heteroatoms. The second-order valence-corrected chi connectivity index (χ2v) is 6.97. The van der Waals surface area contributed by atoms with E-state index in [2.05, 4.69) is 10.3 Å². The SMILES string of the molecule is CCOC(=O)c1nnn(Cc2ccc(OC)cc2)c1C(O)c1cc2c(cc1[N+](=O)[O-])OCO2. The minimum Gasteiger partial charge on any atom is -0.497 e. The molecule has 1 aliphatic heterocycles. The first-order chi connectivity index (χ1) is 15.9. The summed E-state index contributed by atoms with van der Waals surface area (Å²) in [5.41, 5.74) is -0.0346. The molecule has 33 heavy (non-hydrogen) atoms. The molecule has 172 valence electrons. The number of fused-ring (bicyclic) bond motifs is 1. The van der Waals surface area contributed by atoms with Gasteiger partial charge in [-0.25, -0.2) is 9.48 Å². The molecule has 0 aliphatic carbocycles. The fourth-order valence-electron chi connectivity index (χ4n) is 3.43. The Kier molecular flexibility index (Phi) is 6.09. The van der Waals surface area contributed by atoms with Gasteiger partial charge in [0.05, 0.1) is 36.8 Å². The molecule has 2 heterocycles. The van der Waals surface area contributed by atoms with Crippen molar-refractivity contribution in [1.29, 1.82) is 0 Å². The third-order valence-electron chi connectivity index (χ3n) is 5.01. The molecular formula is C21H20N4O8. The van der Waals surface area contributed by atoms with E-state index in [9.17, 15) is 20.0 Å². The second kappa shape index (κ2) is 9.12. The van der Waals surface area contributed by atoms with E-state index in [-0.39, 0.29) is 48.4 Å². The van der Waals surface area contributed by atoms with Gasteiger partial charge in [0.25, 0.3) is 5.69 Å². The van der Waals surface area contributed by atoms with E-state index in [1.807, 2.05) is 0 Å². The van der Waals surface area contributed by atoms with Crippen molar-refractivity contribution in [1.82, 2.24) is 15.0 Å². The van der Waals surface area contributed by atoms with Gasteiger partial charge in [-0.15, -0.1) is 5.10 Å². The fourth-order valence-corrected chi connectivity index (χ4v) is 3.43. The fraction of sp³-hybridized carbons (Fsp3) is 0.286. The van der Waals surface area contributed by atoms with Crippen LogP contribution in [0.1, 0.15) is 40.3 Å². The monoisotopic (exact) mass is 456 g/mol. The third-order valence-corrected chi connectivity index (χ3v) is 5.01. The Balaban J connectivity index is 1.80. The number of nitro groups is 1. The highest BCUT2D eigenvalue weighted by atomic mass is 16.7. The summed E-state index contributed by atoms with van der Waals surface area (Å²) in [6.07, 6.45) is -1.63. The molecule has 12 nitrogen and oxygen atoms in total. The number of rotatable bonds is 8. The van der Waals surface area contributed by atoms with Gasteiger partial charge in [-0.1, -0.05) is 17.3 Å². The Morgan fingerprint density at radius 3 is 2.61 bits per heavy atom. The van der Waals surface area contributed by atoms with E-state index in [0.29, 0.717) is 5.75 Å². The summed E-state index contributed by atoms with van der Waals surface area (Å²) in [5, 5.41) is 30.8. The Labute approximate surface area is 187 Å². The largest absolute Gasteiger partial charge is 0.497 e. The number of hydrogen-bond donors (Lipinski definition) is 1. The highest BCUT2D eigenvalue weighted by molar-refractivity contribution is 5.88. The van der Waals surface area contributed by atoms with Crippen LogP contribution in [0.25, 0.3) is 0 Å². The van der Waals surface area contributed by atoms with Crippen molar-refractivity contribution >= 4 is 11.7 Å². The molecule has 3 aromatic rings. The lowest BCUT2D eigenvalue weighted by atomic mass is 10.0. The summed E-state index contributed by atoms with van der Waals surface area (Å²) in [6, 6.07) is 9.54. The zero-order valence-corrected chi connectivity index (χ0v) is 17.8. The Morgan fingerprint density at radius 2 is 1.97 bits per heavy atom. The maximum absolute atomic E-state index is 12.5. The van der Waals surface area contributed by atoms with Gasteiger partial charge in [-0.05, 0) is 30.7 Å². The van der Waals surface area contributed by atoms with Crippen LogP contribution in [0.15, 0.2) is 36.4 Å². The zero-order valence-electron chi connectivity index (χ0n) is 17.8. The number of ether oxygens (including phenoxy) is 4. The molecule has 0 spiro atoms. The number of esters is 1. The van der Waals surface area contributed by atoms with Crippen LogP contribution >= 0.6 is 0 Å². The Hall–Kier alpha value is -4.19. The van der Waals surface area contributed by atoms with Crippen LogP contribution in [0.5, 0.6) is 17.2 Å². The minimum atomic E-state index is -1.63. The molecule has 0 amide bonds. The highest BCUT2D eigenvalue weighted by Gasteiger charge is 2.34. The topological polar surface area (TPSA) is 148 Å². The van der Waals surface area contributed by atoms with Crippen molar-refractivity contribution in [3.63, 3.8) is 0 Å². The standard InChI is InChI=1S/C21H20N4O8/c1-3-31-21(27)18-19(24(23-22-18)10-12-4-6-13(30-2)7-5-12)20(26)14-8-16-17(33-11-32-16)9-15(14)25(28)29/h4-9,20,26H,3,10-11H2,1-2H3. The predicted octanol–water partition coefficient (Wildman–Crippen LogP) is 2.23. The summed E-state index contributed by atoms with van der Waals surface area (Å²) < 4.78 is 22.0. The van der Waals surface area contributed by atoms with Crippen LogP contribution in [0.3, 0.4) is 0 Å². The number of aliphatic hydroxyl groups excluding tert-OH is 1. The normalized spacial score (nSPS) is 12.9. The summed E-state index contributed by atoms with van der Waals surface area (Å²) in [4.78, 5) is 23.6. The number of nitro benzene ring substituents is 1. The number of hydrogen-bond acceptors (Lipinski definition) is 10. The molecule has 1 atom stereocenters. The maximum atomic E-state index is 12.5. The van der Waals surface area contributed by atoms with Gasteiger partial charge in [0.2, 0.25) is 6.79 Å². The molecule has 0 radical (unpaired) electrons. The van der Waals surface area contributed by atoms with Crippen molar-refractivity contribution < 1.29 is 33.8 Å². The van der Waals surface area contributed by atoms with Crippen molar-refractivity contribution in [2.75, 3.05) is 20.5 Å². The van der Waals surface area contributed by atoms with E-state index in [1.54, 1.807) is 38.3 Å². The van der Waals surface area contributed by atoms with Crippen molar-refractivity contribution in [2.24, 2.45) is 0 Å². The van der Waals surface area contributed by atoms with Gasteiger partial charge < -0.3 is 24.1 Å². The number of benzene rings is 2. The maximum Gasteiger partial charge on any atom is 0.360 e. The average molecular weight is 456 g/mol. The number of carbonyl (C=O) groups is 1. The lowest BCUT2D eigenvalue weighted by Crippen LogP contribution is -2.17. The summed E-state index contributed by atoms with van der Waals surface area (Å²) in [5.74, 6) is 0.270. The molecule has 1 aromatic heterocycles. The van der Waals surface area contributed by atoms with Gasteiger partial charge in [0.1, 0.15) is 17.5 Å². The molecule has 1 unspecified atom stereocenters. The first kappa shape index (κ1) is 22.0. The van der Waals surface area contributed by atoms with Gasteiger partial charge in [-0.3, -0.25) is 10.1 Å². The number of aromatic nitrogens is 3. The smallest absolute Gasteiger partial charge is 0.360 e. The van der Waals surface area contributed by atoms with Crippen LogP contribution in [0, 0.1) is 10.1 Å². The Bertz CT molecular complexity index is 1190. The number of carbonyl (C=O) groups excluding carboxylic acids is 1. The number of nitrogens with zero attached hydrogens (tertiary/aromatic N) is 4. The first-order valence-electron chi connectivity index (χ1n) is 9.92. The molecular weight excluding hydrogens is 436 g/mol. The lowest BCUT2D eigenvalue weighted by molar-refractivity contribution is -0.386. The molecule has 1 aliphatic rings. The molecule has 0 saturated carbocycles. The first-order valence-corrected chi connectivity index (χ1v) is 9.92. The van der Waals surface area contributed by atoms with Crippen molar-refractivity contribution in [3.05, 3.63) is 69.0 Å². The third kappa shape index (κ3) is 4.28. The molecule has 0 bridgehead atoms. The van der Waals surface area contributed by atoms with Crippen LogP contribution in [0.2, 0.25) is 0 Å². The van der Waals surface area contributed by atoms with E-state index in [0.717, 1.165) is 5.56 Å². The second-order valence-electron chi connectivity index (χ2n) is 6.97. The van der Waals surface area contributed by atoms with Crippen LogP contribution in [0.4, 0.5) is 5.69 Å². The molecule has 0 saturated heterocycles. The Morgan fingerprint density at radius 1 is 1.27 bits per heavy atom. The van der Waals surface area contributed by atoms with Crippen LogP contribution in [-0.4, -0.2) is 51.5 Å². The minimum absolute atomic E-state index is 0.0498. The summed E-state index contributed by atoms with van der Waals surface area (Å²) in [7, 11) is 1.55. The molecule has 1 N–H and O–H groups in total. The van der Waals surface area contributed by atoms with Crippen LogP contribution < -0.4 is 14.2 Å². The predicted molar refractivity (Wildman–Crippen MR) is 111 cm³/mol. The van der Waals surface area contributed by atoms with Gasteiger partial charge in [-0.2, -0.15) is 0 Å².